The predicted molar refractivity (Wildman–Crippen MR) is 95.5 cm³/mol. The molecule has 2 amide bonds. The van der Waals surface area contributed by atoms with Crippen molar-refractivity contribution in [1.82, 2.24) is 0 Å². The quantitative estimate of drug-likeness (QED) is 0.528. The van der Waals surface area contributed by atoms with E-state index in [4.69, 9.17) is 10.2 Å². The third-order valence-electron chi connectivity index (χ3n) is 3.92. The Morgan fingerprint density at radius 2 is 1.96 bits per heavy atom. The summed E-state index contributed by atoms with van der Waals surface area (Å²) in [6.45, 7) is 2.01. The lowest BCUT2D eigenvalue weighted by molar-refractivity contribution is -0.400. The highest BCUT2D eigenvalue weighted by molar-refractivity contribution is 6.10. The second-order valence-electron chi connectivity index (χ2n) is 5.62. The van der Waals surface area contributed by atoms with Crippen molar-refractivity contribution in [1.29, 1.82) is 0 Å². The summed E-state index contributed by atoms with van der Waals surface area (Å²) in [5.74, 6) is -0.359. The first-order chi connectivity index (χ1) is 12.0. The summed E-state index contributed by atoms with van der Waals surface area (Å²) in [4.78, 5) is 22.5. The van der Waals surface area contributed by atoms with Crippen molar-refractivity contribution in [3.05, 3.63) is 58.1 Å². The Morgan fingerprint density at radius 3 is 2.56 bits per heavy atom. The number of fused-ring (bicyclic) bond motifs is 1. The average molecular weight is 339 g/mol. The van der Waals surface area contributed by atoms with Gasteiger partial charge in [0.15, 0.2) is 0 Å². The van der Waals surface area contributed by atoms with Gasteiger partial charge in [0.05, 0.1) is 11.1 Å². The average Bonchev–Trinajstić information content (AvgIpc) is 2.98. The van der Waals surface area contributed by atoms with Crippen LogP contribution in [0.3, 0.4) is 0 Å². The molecule has 0 unspecified atom stereocenters. The molecule has 0 fully saturated rings. The van der Waals surface area contributed by atoms with Crippen LogP contribution in [0.5, 0.6) is 0 Å². The van der Waals surface area contributed by atoms with Crippen LogP contribution in [0.4, 0.5) is 16.4 Å². The molecule has 0 aliphatic rings. The fourth-order valence-electron chi connectivity index (χ4n) is 2.97. The number of amides is 2. The number of rotatable bonds is 5. The molecule has 25 heavy (non-hydrogen) atoms. The second-order valence-corrected chi connectivity index (χ2v) is 5.62. The molecule has 7 nitrogen and oxygen atoms in total. The van der Waals surface area contributed by atoms with Crippen LogP contribution < -0.4 is 11.1 Å². The number of nitrogens with one attached hydrogen (secondary N) is 1. The highest BCUT2D eigenvalue weighted by Gasteiger charge is 2.28. The normalized spacial score (nSPS) is 10.8. The van der Waals surface area contributed by atoms with Crippen LogP contribution in [0, 0.1) is 10.1 Å². The Kier molecular flexibility index (Phi) is 4.38. The first kappa shape index (κ1) is 16.5. The van der Waals surface area contributed by atoms with Gasteiger partial charge in [0, 0.05) is 0 Å². The number of nitrogens with zero attached hydrogens (tertiary/aromatic N) is 1. The summed E-state index contributed by atoms with van der Waals surface area (Å²) in [6, 6.07) is 11.7. The number of carbonyl (C=O) groups excluding carboxylic acids is 1. The van der Waals surface area contributed by atoms with Gasteiger partial charge in [0.2, 0.25) is 0 Å². The Hall–Kier alpha value is -3.35. The SMILES string of the molecule is CCCc1ccc2oc([N+](=O)[O-])c(-c3ccccc3)c2c1NC(N)=O. The van der Waals surface area contributed by atoms with E-state index in [0.717, 1.165) is 12.0 Å². The van der Waals surface area contributed by atoms with Crippen LogP contribution in [-0.2, 0) is 6.42 Å². The van der Waals surface area contributed by atoms with E-state index < -0.39 is 11.0 Å². The standard InChI is InChI=1S/C18H17N3O4/c1-2-6-12-9-10-13-15(16(12)20-18(19)22)14(17(25-13)21(23)24)11-7-4-3-5-8-11/h3-5,7-10H,2,6H2,1H3,(H3,19,20,22). The molecule has 1 aromatic heterocycles. The Morgan fingerprint density at radius 1 is 1.24 bits per heavy atom. The van der Waals surface area contributed by atoms with Crippen molar-refractivity contribution in [2.45, 2.75) is 19.8 Å². The molecule has 0 aliphatic heterocycles. The lowest BCUT2D eigenvalue weighted by atomic mass is 9.98. The van der Waals surface area contributed by atoms with Gasteiger partial charge in [-0.25, -0.2) is 4.79 Å². The summed E-state index contributed by atoms with van der Waals surface area (Å²) in [6.07, 6.45) is 1.54. The van der Waals surface area contributed by atoms with Crippen LogP contribution in [0.15, 0.2) is 46.9 Å². The first-order valence-corrected chi connectivity index (χ1v) is 7.87. The zero-order valence-corrected chi connectivity index (χ0v) is 13.6. The maximum atomic E-state index is 11.5. The molecule has 1 heterocycles. The fraction of sp³-hybridized carbons (Fsp3) is 0.167. The molecule has 0 radical (unpaired) electrons. The third kappa shape index (κ3) is 3.03. The van der Waals surface area contributed by atoms with Gasteiger partial charge < -0.3 is 15.5 Å². The number of nitrogens with two attached hydrogens (primary N) is 1. The van der Waals surface area contributed by atoms with Crippen molar-refractivity contribution in [2.75, 3.05) is 5.32 Å². The van der Waals surface area contributed by atoms with E-state index in [0.29, 0.717) is 34.2 Å². The molecule has 128 valence electrons. The molecular formula is C18H17N3O4. The van der Waals surface area contributed by atoms with Gasteiger partial charge in [0.1, 0.15) is 16.1 Å². The summed E-state index contributed by atoms with van der Waals surface area (Å²) in [7, 11) is 0. The van der Waals surface area contributed by atoms with Gasteiger partial charge in [-0.05, 0) is 23.6 Å². The molecule has 2 aromatic carbocycles. The molecule has 0 bridgehead atoms. The molecule has 0 saturated heterocycles. The highest BCUT2D eigenvalue weighted by Crippen LogP contribution is 2.44. The zero-order chi connectivity index (χ0) is 18.0. The number of nitro groups is 1. The van der Waals surface area contributed by atoms with E-state index in [-0.39, 0.29) is 5.88 Å². The first-order valence-electron chi connectivity index (χ1n) is 7.87. The molecule has 3 N–H and O–H groups in total. The predicted octanol–water partition coefficient (Wildman–Crippen LogP) is 4.45. The van der Waals surface area contributed by atoms with Crippen molar-refractivity contribution < 1.29 is 14.1 Å². The number of primary amides is 1. The van der Waals surface area contributed by atoms with E-state index in [2.05, 4.69) is 5.32 Å². The summed E-state index contributed by atoms with van der Waals surface area (Å²) in [5, 5.41) is 14.6. The van der Waals surface area contributed by atoms with Gasteiger partial charge in [-0.3, -0.25) is 10.1 Å². The van der Waals surface area contributed by atoms with Crippen LogP contribution >= 0.6 is 0 Å². The molecule has 3 rings (SSSR count). The minimum absolute atomic E-state index is 0.328. The molecule has 0 spiro atoms. The molecule has 3 aromatic rings. The number of aryl methyl sites for hydroxylation is 1. The maximum absolute atomic E-state index is 11.5. The monoisotopic (exact) mass is 339 g/mol. The number of carbonyl (C=O) groups is 1. The molecule has 7 heteroatoms. The van der Waals surface area contributed by atoms with Gasteiger partial charge in [0.25, 0.3) is 0 Å². The molecule has 0 aliphatic carbocycles. The minimum Gasteiger partial charge on any atom is -0.400 e. The minimum atomic E-state index is -0.729. The molecular weight excluding hydrogens is 322 g/mol. The number of hydrogen-bond acceptors (Lipinski definition) is 4. The Bertz CT molecular complexity index is 948. The molecule has 0 saturated carbocycles. The lowest BCUT2D eigenvalue weighted by Gasteiger charge is -2.11. The number of furan rings is 1. The Balaban J connectivity index is 2.41. The van der Waals surface area contributed by atoms with Crippen LogP contribution in [0.1, 0.15) is 18.9 Å². The summed E-state index contributed by atoms with van der Waals surface area (Å²) in [5.41, 5.74) is 7.93. The Labute approximate surface area is 143 Å². The number of benzene rings is 2. The van der Waals surface area contributed by atoms with Crippen molar-refractivity contribution in [3.8, 4) is 11.1 Å². The van der Waals surface area contributed by atoms with Crippen LogP contribution in [0.2, 0.25) is 0 Å². The van der Waals surface area contributed by atoms with Gasteiger partial charge in [-0.1, -0.05) is 49.7 Å². The largest absolute Gasteiger partial charge is 0.442 e. The van der Waals surface area contributed by atoms with Crippen molar-refractivity contribution in [3.63, 3.8) is 0 Å². The van der Waals surface area contributed by atoms with Crippen LogP contribution in [0.25, 0.3) is 22.1 Å². The second kappa shape index (κ2) is 6.64. The lowest BCUT2D eigenvalue weighted by Crippen LogP contribution is -2.20. The summed E-state index contributed by atoms with van der Waals surface area (Å²) >= 11 is 0. The maximum Gasteiger partial charge on any atom is 0.442 e. The van der Waals surface area contributed by atoms with Gasteiger partial charge >= 0.3 is 11.9 Å². The smallest absolute Gasteiger partial charge is 0.400 e. The third-order valence-corrected chi connectivity index (χ3v) is 3.92. The van der Waals surface area contributed by atoms with Gasteiger partial charge in [-0.2, -0.15) is 0 Å². The highest BCUT2D eigenvalue weighted by atomic mass is 16.6. The summed E-state index contributed by atoms with van der Waals surface area (Å²) < 4.78 is 5.48. The van der Waals surface area contributed by atoms with Crippen LogP contribution in [-0.4, -0.2) is 11.0 Å². The zero-order valence-electron chi connectivity index (χ0n) is 13.6. The molecule has 0 atom stereocenters. The van der Waals surface area contributed by atoms with E-state index in [1.54, 1.807) is 36.4 Å². The number of urea groups is 1. The number of anilines is 1. The van der Waals surface area contributed by atoms with Gasteiger partial charge in [-0.15, -0.1) is 0 Å². The van der Waals surface area contributed by atoms with Crippen molar-refractivity contribution in [2.24, 2.45) is 5.73 Å². The van der Waals surface area contributed by atoms with E-state index in [1.807, 2.05) is 13.0 Å². The van der Waals surface area contributed by atoms with E-state index in [1.165, 1.54) is 0 Å². The fourth-order valence-corrected chi connectivity index (χ4v) is 2.97. The number of hydrogen-bond donors (Lipinski definition) is 2. The van der Waals surface area contributed by atoms with Crippen molar-refractivity contribution >= 4 is 28.6 Å². The van der Waals surface area contributed by atoms with E-state index >= 15 is 0 Å². The topological polar surface area (TPSA) is 111 Å². The van der Waals surface area contributed by atoms with E-state index in [9.17, 15) is 14.9 Å².